The first kappa shape index (κ1) is 11.1. The van der Waals surface area contributed by atoms with Crippen LogP contribution < -0.4 is 5.32 Å². The highest BCUT2D eigenvalue weighted by Gasteiger charge is 2.10. The lowest BCUT2D eigenvalue weighted by Crippen LogP contribution is -2.12. The summed E-state index contributed by atoms with van der Waals surface area (Å²) in [7, 11) is 0. The smallest absolute Gasteiger partial charge is 0.257 e. The average Bonchev–Trinajstić information content (AvgIpc) is 2.64. The van der Waals surface area contributed by atoms with Crippen LogP contribution in [0.25, 0.3) is 0 Å². The number of pyridine rings is 1. The van der Waals surface area contributed by atoms with E-state index in [0.717, 1.165) is 5.56 Å². The number of rotatable bonds is 2. The summed E-state index contributed by atoms with van der Waals surface area (Å²) in [6.07, 6.45) is 1.55. The fourth-order valence-corrected chi connectivity index (χ4v) is 2.24. The van der Waals surface area contributed by atoms with Gasteiger partial charge in [0.15, 0.2) is 0 Å². The maximum Gasteiger partial charge on any atom is 0.257 e. The van der Waals surface area contributed by atoms with Crippen LogP contribution in [0.4, 0.5) is 5.82 Å². The standard InChI is InChI=1S/C11H9ClN2OS/c1-7-5-16-6-9(7)11(15)14-10-4-8(12)2-3-13-10/h2-6H,1H3,(H,13,14,15). The molecule has 0 atom stereocenters. The third-order valence-corrected chi connectivity index (χ3v) is 3.16. The van der Waals surface area contributed by atoms with Gasteiger partial charge in [-0.15, -0.1) is 0 Å². The van der Waals surface area contributed by atoms with Gasteiger partial charge in [-0.1, -0.05) is 11.6 Å². The van der Waals surface area contributed by atoms with Gasteiger partial charge in [0, 0.05) is 16.6 Å². The number of halogens is 1. The minimum absolute atomic E-state index is 0.159. The Bertz CT molecular complexity index is 524. The maximum absolute atomic E-state index is 11.8. The molecular formula is C11H9ClN2OS. The van der Waals surface area contributed by atoms with Crippen LogP contribution in [0.15, 0.2) is 29.1 Å². The number of carbonyl (C=O) groups excluding carboxylic acids is 1. The molecule has 2 aromatic rings. The zero-order valence-corrected chi connectivity index (χ0v) is 10.1. The number of thiophene rings is 1. The van der Waals surface area contributed by atoms with E-state index in [0.29, 0.717) is 16.4 Å². The van der Waals surface area contributed by atoms with Gasteiger partial charge in [-0.3, -0.25) is 4.79 Å². The largest absolute Gasteiger partial charge is 0.306 e. The molecule has 1 N–H and O–H groups in total. The molecule has 1 amide bonds. The molecular weight excluding hydrogens is 244 g/mol. The van der Waals surface area contributed by atoms with Crippen molar-refractivity contribution in [3.63, 3.8) is 0 Å². The van der Waals surface area contributed by atoms with Gasteiger partial charge in [0.1, 0.15) is 5.82 Å². The maximum atomic E-state index is 11.8. The van der Waals surface area contributed by atoms with Crippen LogP contribution >= 0.6 is 22.9 Å². The van der Waals surface area contributed by atoms with Crippen LogP contribution in [0.5, 0.6) is 0 Å². The second kappa shape index (κ2) is 4.63. The lowest BCUT2D eigenvalue weighted by atomic mass is 10.2. The zero-order chi connectivity index (χ0) is 11.5. The van der Waals surface area contributed by atoms with E-state index >= 15 is 0 Å². The van der Waals surface area contributed by atoms with Gasteiger partial charge in [0.05, 0.1) is 5.56 Å². The van der Waals surface area contributed by atoms with Gasteiger partial charge in [0.2, 0.25) is 0 Å². The summed E-state index contributed by atoms with van der Waals surface area (Å²) in [4.78, 5) is 15.8. The predicted octanol–water partition coefficient (Wildman–Crippen LogP) is 3.36. The molecule has 0 aliphatic heterocycles. The van der Waals surface area contributed by atoms with E-state index in [9.17, 15) is 4.79 Å². The number of hydrogen-bond acceptors (Lipinski definition) is 3. The van der Waals surface area contributed by atoms with Gasteiger partial charge >= 0.3 is 0 Å². The molecule has 3 nitrogen and oxygen atoms in total. The van der Waals surface area contributed by atoms with Crippen LogP contribution in [0.1, 0.15) is 15.9 Å². The molecule has 0 saturated carbocycles. The van der Waals surface area contributed by atoms with Crippen molar-refractivity contribution in [2.45, 2.75) is 6.92 Å². The van der Waals surface area contributed by atoms with E-state index in [1.165, 1.54) is 11.3 Å². The Morgan fingerprint density at radius 1 is 1.50 bits per heavy atom. The number of carbonyl (C=O) groups is 1. The third kappa shape index (κ3) is 2.40. The van der Waals surface area contributed by atoms with Crippen molar-refractivity contribution in [1.82, 2.24) is 4.98 Å². The quantitative estimate of drug-likeness (QED) is 0.891. The summed E-state index contributed by atoms with van der Waals surface area (Å²) in [6, 6.07) is 3.27. The van der Waals surface area contributed by atoms with Crippen molar-refractivity contribution < 1.29 is 4.79 Å². The molecule has 0 spiro atoms. The molecule has 2 heterocycles. The van der Waals surface area contributed by atoms with E-state index < -0.39 is 0 Å². The first-order valence-corrected chi connectivity index (χ1v) is 5.94. The number of amides is 1. The number of aromatic nitrogens is 1. The normalized spacial score (nSPS) is 10.1. The van der Waals surface area contributed by atoms with Gasteiger partial charge in [-0.25, -0.2) is 4.98 Å². The van der Waals surface area contributed by atoms with Gasteiger partial charge in [-0.05, 0) is 30.0 Å². The predicted molar refractivity (Wildman–Crippen MR) is 66.3 cm³/mol. The lowest BCUT2D eigenvalue weighted by Gasteiger charge is -2.03. The van der Waals surface area contributed by atoms with E-state index in [1.54, 1.807) is 18.3 Å². The monoisotopic (exact) mass is 252 g/mol. The topological polar surface area (TPSA) is 42.0 Å². The summed E-state index contributed by atoms with van der Waals surface area (Å²) in [5, 5.41) is 6.99. The minimum Gasteiger partial charge on any atom is -0.306 e. The number of aryl methyl sites for hydroxylation is 1. The summed E-state index contributed by atoms with van der Waals surface area (Å²) >= 11 is 7.30. The minimum atomic E-state index is -0.159. The fraction of sp³-hybridized carbons (Fsp3) is 0.0909. The summed E-state index contributed by atoms with van der Waals surface area (Å²) in [5.74, 6) is 0.302. The highest BCUT2D eigenvalue weighted by molar-refractivity contribution is 7.08. The molecule has 2 aromatic heterocycles. The second-order valence-electron chi connectivity index (χ2n) is 3.28. The molecule has 0 radical (unpaired) electrons. The molecule has 0 fully saturated rings. The molecule has 0 aromatic carbocycles. The van der Waals surface area contributed by atoms with E-state index in [1.807, 2.05) is 17.7 Å². The Labute approximate surface area is 102 Å². The molecule has 0 aliphatic carbocycles. The highest BCUT2D eigenvalue weighted by Crippen LogP contribution is 2.17. The molecule has 0 aliphatic rings. The SMILES string of the molecule is Cc1cscc1C(=O)Nc1cc(Cl)ccn1. The van der Waals surface area contributed by atoms with E-state index in [2.05, 4.69) is 10.3 Å². The molecule has 2 rings (SSSR count). The van der Waals surface area contributed by atoms with Crippen molar-refractivity contribution in [3.8, 4) is 0 Å². The van der Waals surface area contributed by atoms with Crippen molar-refractivity contribution >= 4 is 34.7 Å². The van der Waals surface area contributed by atoms with E-state index in [4.69, 9.17) is 11.6 Å². The number of anilines is 1. The Balaban J connectivity index is 2.17. The molecule has 0 saturated heterocycles. The molecule has 16 heavy (non-hydrogen) atoms. The van der Waals surface area contributed by atoms with Crippen molar-refractivity contribution in [1.29, 1.82) is 0 Å². The zero-order valence-electron chi connectivity index (χ0n) is 8.53. The van der Waals surface area contributed by atoms with Gasteiger partial charge < -0.3 is 5.32 Å². The average molecular weight is 253 g/mol. The van der Waals surface area contributed by atoms with E-state index in [-0.39, 0.29) is 5.91 Å². The van der Waals surface area contributed by atoms with Crippen molar-refractivity contribution in [2.24, 2.45) is 0 Å². The summed E-state index contributed by atoms with van der Waals surface area (Å²) < 4.78 is 0. The lowest BCUT2D eigenvalue weighted by molar-refractivity contribution is 0.102. The molecule has 0 bridgehead atoms. The number of hydrogen-bond donors (Lipinski definition) is 1. The Kier molecular flexibility index (Phi) is 3.22. The molecule has 82 valence electrons. The van der Waals surface area contributed by atoms with Crippen LogP contribution in [-0.4, -0.2) is 10.9 Å². The first-order chi connectivity index (χ1) is 7.66. The second-order valence-corrected chi connectivity index (χ2v) is 4.46. The van der Waals surface area contributed by atoms with Crippen LogP contribution in [0.2, 0.25) is 5.02 Å². The Hall–Kier alpha value is -1.39. The summed E-state index contributed by atoms with van der Waals surface area (Å²) in [5.41, 5.74) is 1.64. The first-order valence-electron chi connectivity index (χ1n) is 4.62. The van der Waals surface area contributed by atoms with Crippen molar-refractivity contribution in [2.75, 3.05) is 5.32 Å². The Morgan fingerprint density at radius 2 is 2.31 bits per heavy atom. The molecule has 0 unspecified atom stereocenters. The van der Waals surface area contributed by atoms with Crippen LogP contribution in [0.3, 0.4) is 0 Å². The fourth-order valence-electron chi connectivity index (χ4n) is 1.25. The highest BCUT2D eigenvalue weighted by atomic mass is 35.5. The molecule has 5 heteroatoms. The van der Waals surface area contributed by atoms with Crippen LogP contribution in [0, 0.1) is 6.92 Å². The van der Waals surface area contributed by atoms with Gasteiger partial charge in [0.25, 0.3) is 5.91 Å². The third-order valence-electron chi connectivity index (χ3n) is 2.06. The van der Waals surface area contributed by atoms with Gasteiger partial charge in [-0.2, -0.15) is 11.3 Å². The summed E-state index contributed by atoms with van der Waals surface area (Å²) in [6.45, 7) is 1.90. The number of nitrogens with one attached hydrogen (secondary N) is 1. The Morgan fingerprint density at radius 3 is 2.94 bits per heavy atom. The van der Waals surface area contributed by atoms with Crippen LogP contribution in [-0.2, 0) is 0 Å². The van der Waals surface area contributed by atoms with Crippen molar-refractivity contribution in [3.05, 3.63) is 45.2 Å². The number of nitrogens with zero attached hydrogens (tertiary/aromatic N) is 1.